The fourth-order valence-corrected chi connectivity index (χ4v) is 1.64. The van der Waals surface area contributed by atoms with Crippen LogP contribution in [-0.2, 0) is 9.53 Å². The Kier molecular flexibility index (Phi) is 10.2. The lowest BCUT2D eigenvalue weighted by molar-refractivity contribution is -0.122. The molecule has 17 heavy (non-hydrogen) atoms. The molecule has 0 heterocycles. The lowest BCUT2D eigenvalue weighted by Crippen LogP contribution is -2.41. The minimum absolute atomic E-state index is 0.122. The quantitative estimate of drug-likeness (QED) is 0.575. The van der Waals surface area contributed by atoms with E-state index in [0.29, 0.717) is 18.9 Å². The van der Waals surface area contributed by atoms with E-state index >= 15 is 0 Å². The maximum absolute atomic E-state index is 11.7. The van der Waals surface area contributed by atoms with Crippen molar-refractivity contribution in [2.75, 3.05) is 20.3 Å². The summed E-state index contributed by atoms with van der Waals surface area (Å²) in [6.07, 6.45) is 4.82. The number of amides is 1. The standard InChI is InChI=1S/C13H28N2O2/c1-11(2)12(10-17-3)15-13(16)8-6-4-5-7-9-14/h11-12H,4-10,14H2,1-3H3,(H,15,16). The normalized spacial score (nSPS) is 12.8. The van der Waals surface area contributed by atoms with E-state index in [2.05, 4.69) is 19.2 Å². The van der Waals surface area contributed by atoms with Crippen LogP contribution in [-0.4, -0.2) is 32.2 Å². The topological polar surface area (TPSA) is 64.3 Å². The van der Waals surface area contributed by atoms with Gasteiger partial charge in [0.1, 0.15) is 0 Å². The molecule has 0 spiro atoms. The molecule has 0 fully saturated rings. The maximum Gasteiger partial charge on any atom is 0.220 e. The average molecular weight is 244 g/mol. The second-order valence-corrected chi connectivity index (χ2v) is 4.83. The van der Waals surface area contributed by atoms with Gasteiger partial charge in [-0.15, -0.1) is 0 Å². The Morgan fingerprint density at radius 2 is 1.88 bits per heavy atom. The molecule has 1 amide bonds. The number of carbonyl (C=O) groups excluding carboxylic acids is 1. The second-order valence-electron chi connectivity index (χ2n) is 4.83. The Balaban J connectivity index is 3.67. The van der Waals surface area contributed by atoms with Gasteiger partial charge < -0.3 is 15.8 Å². The summed E-state index contributed by atoms with van der Waals surface area (Å²) in [5.74, 6) is 0.532. The Morgan fingerprint density at radius 1 is 1.24 bits per heavy atom. The van der Waals surface area contributed by atoms with Crippen LogP contribution in [0.15, 0.2) is 0 Å². The molecule has 0 aromatic carbocycles. The van der Waals surface area contributed by atoms with E-state index in [1.165, 1.54) is 0 Å². The SMILES string of the molecule is COCC(NC(=O)CCCCCCN)C(C)C. The molecule has 0 rings (SSSR count). The fraction of sp³-hybridized carbons (Fsp3) is 0.923. The van der Waals surface area contributed by atoms with Crippen molar-refractivity contribution < 1.29 is 9.53 Å². The minimum atomic E-state index is 0.122. The third-order valence-corrected chi connectivity index (χ3v) is 2.86. The summed E-state index contributed by atoms with van der Waals surface area (Å²) >= 11 is 0. The zero-order chi connectivity index (χ0) is 13.1. The van der Waals surface area contributed by atoms with Crippen molar-refractivity contribution in [3.8, 4) is 0 Å². The van der Waals surface area contributed by atoms with Gasteiger partial charge in [-0.25, -0.2) is 0 Å². The van der Waals surface area contributed by atoms with Crippen molar-refractivity contribution in [2.45, 2.75) is 52.0 Å². The van der Waals surface area contributed by atoms with Gasteiger partial charge >= 0.3 is 0 Å². The van der Waals surface area contributed by atoms with Crippen LogP contribution >= 0.6 is 0 Å². The predicted molar refractivity (Wildman–Crippen MR) is 70.8 cm³/mol. The number of hydrogen-bond acceptors (Lipinski definition) is 3. The molecule has 1 atom stereocenters. The van der Waals surface area contributed by atoms with Gasteiger partial charge in [0, 0.05) is 13.5 Å². The molecule has 0 bridgehead atoms. The smallest absolute Gasteiger partial charge is 0.220 e. The lowest BCUT2D eigenvalue weighted by atomic mass is 10.0. The number of hydrogen-bond donors (Lipinski definition) is 2. The molecule has 0 saturated carbocycles. The van der Waals surface area contributed by atoms with Gasteiger partial charge in [-0.1, -0.05) is 26.7 Å². The molecule has 102 valence electrons. The zero-order valence-electron chi connectivity index (χ0n) is 11.5. The Labute approximate surface area is 105 Å². The molecule has 4 heteroatoms. The van der Waals surface area contributed by atoms with Gasteiger partial charge in [-0.05, 0) is 25.3 Å². The van der Waals surface area contributed by atoms with Crippen LogP contribution in [0.2, 0.25) is 0 Å². The summed E-state index contributed by atoms with van der Waals surface area (Å²) in [6.45, 7) is 5.50. The number of methoxy groups -OCH3 is 1. The second kappa shape index (κ2) is 10.5. The lowest BCUT2D eigenvalue weighted by Gasteiger charge is -2.21. The van der Waals surface area contributed by atoms with Crippen LogP contribution in [0.5, 0.6) is 0 Å². The molecule has 0 aromatic rings. The summed E-state index contributed by atoms with van der Waals surface area (Å²) in [5.41, 5.74) is 5.41. The van der Waals surface area contributed by atoms with Gasteiger partial charge in [0.2, 0.25) is 5.91 Å². The Hall–Kier alpha value is -0.610. The summed E-state index contributed by atoms with van der Waals surface area (Å²) in [4.78, 5) is 11.7. The maximum atomic E-state index is 11.7. The third kappa shape index (κ3) is 9.12. The fourth-order valence-electron chi connectivity index (χ4n) is 1.64. The van der Waals surface area contributed by atoms with Crippen LogP contribution in [0.4, 0.5) is 0 Å². The highest BCUT2D eigenvalue weighted by molar-refractivity contribution is 5.76. The predicted octanol–water partition coefficient (Wildman–Crippen LogP) is 1.68. The van der Waals surface area contributed by atoms with Crippen molar-refractivity contribution in [3.05, 3.63) is 0 Å². The van der Waals surface area contributed by atoms with Crippen LogP contribution in [0.3, 0.4) is 0 Å². The van der Waals surface area contributed by atoms with E-state index in [1.807, 2.05) is 0 Å². The first kappa shape index (κ1) is 16.4. The first-order valence-electron chi connectivity index (χ1n) is 6.60. The van der Waals surface area contributed by atoms with Crippen LogP contribution in [0.25, 0.3) is 0 Å². The number of carbonyl (C=O) groups is 1. The van der Waals surface area contributed by atoms with E-state index < -0.39 is 0 Å². The molecule has 0 aliphatic rings. The van der Waals surface area contributed by atoms with E-state index in [9.17, 15) is 4.79 Å². The van der Waals surface area contributed by atoms with Crippen LogP contribution < -0.4 is 11.1 Å². The van der Waals surface area contributed by atoms with Crippen molar-refractivity contribution in [1.82, 2.24) is 5.32 Å². The van der Waals surface area contributed by atoms with Crippen molar-refractivity contribution in [2.24, 2.45) is 11.7 Å². The molecule has 1 unspecified atom stereocenters. The van der Waals surface area contributed by atoms with E-state index in [1.54, 1.807) is 7.11 Å². The van der Waals surface area contributed by atoms with Gasteiger partial charge in [0.15, 0.2) is 0 Å². The number of nitrogens with two attached hydrogens (primary N) is 1. The molecular formula is C13H28N2O2. The van der Waals surface area contributed by atoms with Crippen molar-refractivity contribution in [1.29, 1.82) is 0 Å². The van der Waals surface area contributed by atoms with E-state index in [0.717, 1.165) is 32.2 Å². The van der Waals surface area contributed by atoms with Crippen LogP contribution in [0.1, 0.15) is 46.0 Å². The zero-order valence-corrected chi connectivity index (χ0v) is 11.5. The van der Waals surface area contributed by atoms with Crippen molar-refractivity contribution in [3.63, 3.8) is 0 Å². The monoisotopic (exact) mass is 244 g/mol. The highest BCUT2D eigenvalue weighted by atomic mass is 16.5. The van der Waals surface area contributed by atoms with Gasteiger partial charge in [-0.2, -0.15) is 0 Å². The number of ether oxygens (including phenoxy) is 1. The summed E-state index contributed by atoms with van der Waals surface area (Å²) in [6, 6.07) is 0.122. The molecular weight excluding hydrogens is 216 g/mol. The molecule has 4 nitrogen and oxygen atoms in total. The third-order valence-electron chi connectivity index (χ3n) is 2.86. The van der Waals surface area contributed by atoms with Gasteiger partial charge in [0.05, 0.1) is 12.6 Å². The Bertz CT molecular complexity index is 196. The van der Waals surface area contributed by atoms with Gasteiger partial charge in [0.25, 0.3) is 0 Å². The first-order chi connectivity index (χ1) is 8.11. The minimum Gasteiger partial charge on any atom is -0.383 e. The molecule has 0 aliphatic heterocycles. The number of rotatable bonds is 10. The largest absolute Gasteiger partial charge is 0.383 e. The summed E-state index contributed by atoms with van der Waals surface area (Å²) < 4.78 is 5.10. The molecule has 0 radical (unpaired) electrons. The number of nitrogens with one attached hydrogen (secondary N) is 1. The molecule has 0 aromatic heterocycles. The first-order valence-corrected chi connectivity index (χ1v) is 6.60. The highest BCUT2D eigenvalue weighted by Crippen LogP contribution is 2.05. The Morgan fingerprint density at radius 3 is 2.41 bits per heavy atom. The molecule has 0 aliphatic carbocycles. The number of unbranched alkanes of at least 4 members (excludes halogenated alkanes) is 3. The van der Waals surface area contributed by atoms with Crippen molar-refractivity contribution >= 4 is 5.91 Å². The van der Waals surface area contributed by atoms with Crippen LogP contribution in [0, 0.1) is 5.92 Å². The van der Waals surface area contributed by atoms with E-state index in [-0.39, 0.29) is 11.9 Å². The molecule has 0 saturated heterocycles. The average Bonchev–Trinajstić information content (AvgIpc) is 2.28. The van der Waals surface area contributed by atoms with Gasteiger partial charge in [-0.3, -0.25) is 4.79 Å². The summed E-state index contributed by atoms with van der Waals surface area (Å²) in [7, 11) is 1.66. The summed E-state index contributed by atoms with van der Waals surface area (Å²) in [5, 5.41) is 3.02. The van der Waals surface area contributed by atoms with E-state index in [4.69, 9.17) is 10.5 Å². The molecule has 3 N–H and O–H groups in total. The highest BCUT2D eigenvalue weighted by Gasteiger charge is 2.15.